The smallest absolute Gasteiger partial charge is 0.203 e. The molecule has 128 valence electrons. The van der Waals surface area contributed by atoms with E-state index in [1.54, 1.807) is 0 Å². The Labute approximate surface area is 135 Å². The molecule has 0 bridgehead atoms. The van der Waals surface area contributed by atoms with Gasteiger partial charge in [-0.1, -0.05) is 19.8 Å². The highest BCUT2D eigenvalue weighted by Crippen LogP contribution is 2.45. The van der Waals surface area contributed by atoms with Gasteiger partial charge in [0.25, 0.3) is 0 Å². The number of phenolic OH excluding ortho intramolecular Hbond substituents is 1. The van der Waals surface area contributed by atoms with Gasteiger partial charge in [-0.25, -0.2) is 8.78 Å². The van der Waals surface area contributed by atoms with Gasteiger partial charge in [-0.15, -0.1) is 0 Å². The van der Waals surface area contributed by atoms with Crippen molar-refractivity contribution in [2.45, 2.75) is 64.2 Å². The maximum absolute atomic E-state index is 14.0. The molecular formula is C19H25F3O. The minimum absolute atomic E-state index is 0.0912. The summed E-state index contributed by atoms with van der Waals surface area (Å²) in [6.45, 7) is 2.31. The zero-order valence-electron chi connectivity index (χ0n) is 13.6. The molecule has 0 heterocycles. The van der Waals surface area contributed by atoms with Crippen molar-refractivity contribution >= 4 is 0 Å². The first kappa shape index (κ1) is 16.7. The second kappa shape index (κ2) is 6.74. The minimum Gasteiger partial charge on any atom is -0.503 e. The topological polar surface area (TPSA) is 20.2 Å². The average Bonchev–Trinajstić information content (AvgIpc) is 2.57. The monoisotopic (exact) mass is 326 g/mol. The highest BCUT2D eigenvalue weighted by atomic mass is 19.2. The predicted molar refractivity (Wildman–Crippen MR) is 83.8 cm³/mol. The summed E-state index contributed by atoms with van der Waals surface area (Å²) in [5.41, 5.74) is 0.0912. The van der Waals surface area contributed by atoms with Gasteiger partial charge in [0.2, 0.25) is 5.82 Å². The molecule has 0 amide bonds. The van der Waals surface area contributed by atoms with E-state index in [-0.39, 0.29) is 11.5 Å². The Morgan fingerprint density at radius 1 is 0.826 bits per heavy atom. The predicted octanol–water partition coefficient (Wildman–Crippen LogP) is 5.91. The summed E-state index contributed by atoms with van der Waals surface area (Å²) < 4.78 is 41.1. The molecule has 1 nitrogen and oxygen atoms in total. The van der Waals surface area contributed by atoms with Crippen molar-refractivity contribution in [2.24, 2.45) is 17.8 Å². The normalized spacial score (nSPS) is 32.0. The van der Waals surface area contributed by atoms with Crippen molar-refractivity contribution in [3.05, 3.63) is 29.1 Å². The third-order valence-electron chi connectivity index (χ3n) is 6.10. The molecule has 2 fully saturated rings. The number of hydrogen-bond donors (Lipinski definition) is 1. The second-order valence-corrected chi connectivity index (χ2v) is 7.56. The summed E-state index contributed by atoms with van der Waals surface area (Å²) >= 11 is 0. The molecule has 0 unspecified atom stereocenters. The molecule has 4 heteroatoms. The molecule has 0 atom stereocenters. The first-order valence-electron chi connectivity index (χ1n) is 8.83. The van der Waals surface area contributed by atoms with Crippen LogP contribution in [0.4, 0.5) is 13.2 Å². The fourth-order valence-corrected chi connectivity index (χ4v) is 4.56. The van der Waals surface area contributed by atoms with E-state index >= 15 is 0 Å². The van der Waals surface area contributed by atoms with Gasteiger partial charge >= 0.3 is 0 Å². The molecule has 0 saturated heterocycles. The van der Waals surface area contributed by atoms with Gasteiger partial charge in [-0.3, -0.25) is 0 Å². The number of aromatic hydroxyl groups is 1. The standard InChI is InChI=1S/C19H25F3O/c1-11-2-4-12(5-3-11)13-6-8-14(9-7-13)15-10-16(20)19(23)18(22)17(15)21/h10-14,23H,2-9H2,1H3. The maximum atomic E-state index is 14.0. The molecule has 1 aromatic rings. The van der Waals surface area contributed by atoms with Gasteiger partial charge in [0.05, 0.1) is 0 Å². The Bertz CT molecular complexity index is 556. The van der Waals surface area contributed by atoms with Crippen LogP contribution < -0.4 is 0 Å². The van der Waals surface area contributed by atoms with E-state index in [9.17, 15) is 13.2 Å². The molecule has 1 aromatic carbocycles. The van der Waals surface area contributed by atoms with Crippen LogP contribution in [-0.2, 0) is 0 Å². The highest BCUT2D eigenvalue weighted by Gasteiger charge is 2.32. The first-order chi connectivity index (χ1) is 11.0. The molecule has 3 rings (SSSR count). The van der Waals surface area contributed by atoms with Crippen LogP contribution in [-0.4, -0.2) is 5.11 Å². The largest absolute Gasteiger partial charge is 0.503 e. The zero-order valence-corrected chi connectivity index (χ0v) is 13.6. The van der Waals surface area contributed by atoms with Crippen LogP contribution in [0.5, 0.6) is 5.75 Å². The van der Waals surface area contributed by atoms with E-state index in [0.717, 1.165) is 43.6 Å². The van der Waals surface area contributed by atoms with Gasteiger partial charge in [-0.05, 0) is 73.8 Å². The SMILES string of the molecule is CC1CCC(C2CCC(c3cc(F)c(O)c(F)c3F)CC2)CC1. The van der Waals surface area contributed by atoms with Crippen LogP contribution in [0.3, 0.4) is 0 Å². The molecule has 0 aromatic heterocycles. The van der Waals surface area contributed by atoms with E-state index in [1.807, 2.05) is 0 Å². The Morgan fingerprint density at radius 3 is 1.91 bits per heavy atom. The lowest BCUT2D eigenvalue weighted by Gasteiger charge is -2.37. The Kier molecular flexibility index (Phi) is 4.88. The van der Waals surface area contributed by atoms with Gasteiger partial charge in [0.1, 0.15) is 0 Å². The summed E-state index contributed by atoms with van der Waals surface area (Å²) in [5.74, 6) is -2.68. The maximum Gasteiger partial charge on any atom is 0.203 e. The van der Waals surface area contributed by atoms with Crippen molar-refractivity contribution < 1.29 is 18.3 Å². The van der Waals surface area contributed by atoms with Crippen molar-refractivity contribution in [3.8, 4) is 5.75 Å². The zero-order chi connectivity index (χ0) is 16.6. The molecule has 2 saturated carbocycles. The fraction of sp³-hybridized carbons (Fsp3) is 0.684. The number of rotatable bonds is 2. The summed E-state index contributed by atoms with van der Waals surface area (Å²) in [6.07, 6.45) is 8.73. The van der Waals surface area contributed by atoms with Crippen LogP contribution in [0.1, 0.15) is 69.8 Å². The lowest BCUT2D eigenvalue weighted by atomic mass is 9.68. The quantitative estimate of drug-likeness (QED) is 0.670. The van der Waals surface area contributed by atoms with E-state index in [1.165, 1.54) is 25.7 Å². The van der Waals surface area contributed by atoms with Crippen LogP contribution in [0.2, 0.25) is 0 Å². The number of hydrogen-bond acceptors (Lipinski definition) is 1. The highest BCUT2D eigenvalue weighted by molar-refractivity contribution is 5.34. The number of benzene rings is 1. The van der Waals surface area contributed by atoms with Gasteiger partial charge in [-0.2, -0.15) is 4.39 Å². The van der Waals surface area contributed by atoms with E-state index in [0.29, 0.717) is 5.92 Å². The van der Waals surface area contributed by atoms with Gasteiger partial charge in [0, 0.05) is 0 Å². The lowest BCUT2D eigenvalue weighted by Crippen LogP contribution is -2.25. The minimum atomic E-state index is -1.46. The van der Waals surface area contributed by atoms with Crippen LogP contribution in [0.15, 0.2) is 6.07 Å². The van der Waals surface area contributed by atoms with E-state index in [2.05, 4.69) is 6.92 Å². The summed E-state index contributed by atoms with van der Waals surface area (Å²) in [4.78, 5) is 0. The Hall–Kier alpha value is -1.19. The average molecular weight is 326 g/mol. The van der Waals surface area contributed by atoms with Crippen LogP contribution in [0, 0.1) is 35.2 Å². The Balaban J connectivity index is 1.65. The van der Waals surface area contributed by atoms with Crippen molar-refractivity contribution in [1.29, 1.82) is 0 Å². The van der Waals surface area contributed by atoms with Crippen molar-refractivity contribution in [2.75, 3.05) is 0 Å². The van der Waals surface area contributed by atoms with Crippen LogP contribution in [0.25, 0.3) is 0 Å². The van der Waals surface area contributed by atoms with Crippen LogP contribution >= 0.6 is 0 Å². The summed E-state index contributed by atoms with van der Waals surface area (Å²) in [6, 6.07) is 0.973. The van der Waals surface area contributed by atoms with E-state index < -0.39 is 23.2 Å². The van der Waals surface area contributed by atoms with Crippen molar-refractivity contribution in [3.63, 3.8) is 0 Å². The molecular weight excluding hydrogens is 301 g/mol. The summed E-state index contributed by atoms with van der Waals surface area (Å²) in [5, 5.41) is 9.15. The lowest BCUT2D eigenvalue weighted by molar-refractivity contribution is 0.164. The molecule has 0 aliphatic heterocycles. The first-order valence-corrected chi connectivity index (χ1v) is 8.83. The molecule has 0 spiro atoms. The molecule has 2 aliphatic rings. The Morgan fingerprint density at radius 2 is 1.35 bits per heavy atom. The molecule has 2 aliphatic carbocycles. The fourth-order valence-electron chi connectivity index (χ4n) is 4.56. The second-order valence-electron chi connectivity index (χ2n) is 7.56. The molecule has 0 radical (unpaired) electrons. The molecule has 1 N–H and O–H groups in total. The molecule has 23 heavy (non-hydrogen) atoms. The number of phenols is 1. The van der Waals surface area contributed by atoms with Gasteiger partial charge < -0.3 is 5.11 Å². The van der Waals surface area contributed by atoms with E-state index in [4.69, 9.17) is 5.11 Å². The third kappa shape index (κ3) is 3.36. The number of halogens is 3. The third-order valence-corrected chi connectivity index (χ3v) is 6.10. The summed E-state index contributed by atoms with van der Waals surface area (Å²) in [7, 11) is 0. The van der Waals surface area contributed by atoms with Gasteiger partial charge in [0.15, 0.2) is 17.4 Å². The van der Waals surface area contributed by atoms with Crippen molar-refractivity contribution in [1.82, 2.24) is 0 Å².